The highest BCUT2D eigenvalue weighted by atomic mass is 16.3. The molecule has 0 saturated carbocycles. The van der Waals surface area contributed by atoms with Gasteiger partial charge in [-0.1, -0.05) is 24.3 Å². The first-order chi connectivity index (χ1) is 7.33. The molecule has 0 amide bonds. The van der Waals surface area contributed by atoms with E-state index in [9.17, 15) is 5.11 Å². The zero-order valence-corrected chi connectivity index (χ0v) is 8.09. The second-order valence-electron chi connectivity index (χ2n) is 3.30. The lowest BCUT2D eigenvalue weighted by Gasteiger charge is -2.09. The summed E-state index contributed by atoms with van der Waals surface area (Å²) in [5.74, 6) is 0. The molecule has 0 aliphatic carbocycles. The number of aliphatic hydroxyl groups excluding tert-OH is 1. The number of nitrogens with zero attached hydrogens (tertiary/aromatic N) is 2. The van der Waals surface area contributed by atoms with Crippen molar-refractivity contribution in [2.24, 2.45) is 0 Å². The first-order valence-electron chi connectivity index (χ1n) is 4.71. The van der Waals surface area contributed by atoms with Crippen LogP contribution >= 0.6 is 0 Å². The number of rotatable bonds is 2. The van der Waals surface area contributed by atoms with E-state index in [0.717, 1.165) is 16.5 Å². The number of hydrogen-bond acceptors (Lipinski definition) is 3. The summed E-state index contributed by atoms with van der Waals surface area (Å²) >= 11 is 0. The quantitative estimate of drug-likeness (QED) is 0.804. The molecule has 1 aromatic heterocycles. The van der Waals surface area contributed by atoms with Gasteiger partial charge in [0.25, 0.3) is 0 Å². The van der Waals surface area contributed by atoms with Gasteiger partial charge in [-0.05, 0) is 6.07 Å². The molecule has 1 unspecified atom stereocenters. The number of nitriles is 1. The van der Waals surface area contributed by atoms with E-state index in [1.165, 1.54) is 0 Å². The number of aliphatic hydroxyl groups is 1. The van der Waals surface area contributed by atoms with Crippen molar-refractivity contribution < 1.29 is 5.11 Å². The molecule has 1 atom stereocenters. The standard InChI is InChI=1S/C12H10N2O/c13-7-6-11(15)10-5-1-3-9-4-2-8-14-12(9)10/h1-5,8,11,15H,6H2. The van der Waals surface area contributed by atoms with Gasteiger partial charge in [0, 0.05) is 17.1 Å². The zero-order valence-electron chi connectivity index (χ0n) is 8.09. The van der Waals surface area contributed by atoms with E-state index < -0.39 is 6.10 Å². The highest BCUT2D eigenvalue weighted by Crippen LogP contribution is 2.23. The smallest absolute Gasteiger partial charge is 0.0940 e. The minimum atomic E-state index is -0.756. The van der Waals surface area contributed by atoms with Crippen LogP contribution in [0.25, 0.3) is 10.9 Å². The summed E-state index contributed by atoms with van der Waals surface area (Å²) in [6.07, 6.45) is 1.02. The molecule has 3 heteroatoms. The molecular weight excluding hydrogens is 188 g/mol. The van der Waals surface area contributed by atoms with Crippen molar-refractivity contribution in [3.63, 3.8) is 0 Å². The highest BCUT2D eigenvalue weighted by Gasteiger charge is 2.10. The minimum Gasteiger partial charge on any atom is -0.387 e. The molecule has 15 heavy (non-hydrogen) atoms. The fourth-order valence-corrected chi connectivity index (χ4v) is 1.59. The Balaban J connectivity index is 2.56. The van der Waals surface area contributed by atoms with Gasteiger partial charge in [-0.2, -0.15) is 5.26 Å². The van der Waals surface area contributed by atoms with Crippen LogP contribution in [0.4, 0.5) is 0 Å². The van der Waals surface area contributed by atoms with E-state index in [1.807, 2.05) is 30.3 Å². The lowest BCUT2D eigenvalue weighted by Crippen LogP contribution is -1.97. The third kappa shape index (κ3) is 1.80. The van der Waals surface area contributed by atoms with Crippen LogP contribution in [0, 0.1) is 11.3 Å². The molecule has 1 aromatic carbocycles. The Kier molecular flexibility index (Phi) is 2.61. The van der Waals surface area contributed by atoms with Gasteiger partial charge in [-0.3, -0.25) is 4.98 Å². The van der Waals surface area contributed by atoms with Crippen molar-refractivity contribution in [3.05, 3.63) is 42.1 Å². The third-order valence-electron chi connectivity index (χ3n) is 2.31. The van der Waals surface area contributed by atoms with Gasteiger partial charge >= 0.3 is 0 Å². The predicted octanol–water partition coefficient (Wildman–Crippen LogP) is 2.18. The van der Waals surface area contributed by atoms with Gasteiger partial charge in [0.1, 0.15) is 0 Å². The summed E-state index contributed by atoms with van der Waals surface area (Å²) < 4.78 is 0. The van der Waals surface area contributed by atoms with Gasteiger partial charge in [0.05, 0.1) is 24.1 Å². The second-order valence-corrected chi connectivity index (χ2v) is 3.30. The van der Waals surface area contributed by atoms with Crippen molar-refractivity contribution in [2.75, 3.05) is 0 Å². The molecule has 0 aliphatic heterocycles. The number of hydrogen-bond donors (Lipinski definition) is 1. The monoisotopic (exact) mass is 198 g/mol. The number of aromatic nitrogens is 1. The Morgan fingerprint density at radius 2 is 2.13 bits per heavy atom. The minimum absolute atomic E-state index is 0.0929. The summed E-state index contributed by atoms with van der Waals surface area (Å²) in [5, 5.41) is 19.3. The van der Waals surface area contributed by atoms with Crippen LogP contribution in [0.5, 0.6) is 0 Å². The SMILES string of the molecule is N#CCC(O)c1cccc2cccnc12. The van der Waals surface area contributed by atoms with Gasteiger partial charge in [0.2, 0.25) is 0 Å². The van der Waals surface area contributed by atoms with Crippen molar-refractivity contribution in [2.45, 2.75) is 12.5 Å². The molecule has 0 radical (unpaired) electrons. The van der Waals surface area contributed by atoms with E-state index in [-0.39, 0.29) is 6.42 Å². The predicted molar refractivity (Wildman–Crippen MR) is 56.9 cm³/mol. The molecular formula is C12H10N2O. The topological polar surface area (TPSA) is 56.9 Å². The van der Waals surface area contributed by atoms with Gasteiger partial charge in [0.15, 0.2) is 0 Å². The van der Waals surface area contributed by atoms with Crippen LogP contribution in [0.2, 0.25) is 0 Å². The van der Waals surface area contributed by atoms with Crippen molar-refractivity contribution in [1.82, 2.24) is 4.98 Å². The Morgan fingerprint density at radius 1 is 1.33 bits per heavy atom. The third-order valence-corrected chi connectivity index (χ3v) is 2.31. The average Bonchev–Trinajstić information content (AvgIpc) is 2.28. The van der Waals surface area contributed by atoms with Crippen LogP contribution in [-0.2, 0) is 0 Å². The fraction of sp³-hybridized carbons (Fsp3) is 0.167. The molecule has 0 aliphatic rings. The maximum Gasteiger partial charge on any atom is 0.0940 e. The molecule has 2 aromatic rings. The first kappa shape index (κ1) is 9.63. The summed E-state index contributed by atoms with van der Waals surface area (Å²) in [6, 6.07) is 11.3. The van der Waals surface area contributed by atoms with Crippen LogP contribution in [0.3, 0.4) is 0 Å². The lowest BCUT2D eigenvalue weighted by molar-refractivity contribution is 0.185. The van der Waals surface area contributed by atoms with Crippen LogP contribution in [0.15, 0.2) is 36.5 Å². The van der Waals surface area contributed by atoms with E-state index in [1.54, 1.807) is 12.3 Å². The fourth-order valence-electron chi connectivity index (χ4n) is 1.59. The highest BCUT2D eigenvalue weighted by molar-refractivity contribution is 5.81. The number of benzene rings is 1. The molecule has 3 nitrogen and oxygen atoms in total. The number of fused-ring (bicyclic) bond motifs is 1. The molecule has 2 rings (SSSR count). The maximum absolute atomic E-state index is 9.76. The summed E-state index contributed by atoms with van der Waals surface area (Å²) in [7, 11) is 0. The van der Waals surface area contributed by atoms with E-state index in [2.05, 4.69) is 4.98 Å². The maximum atomic E-state index is 9.76. The summed E-state index contributed by atoms with van der Waals surface area (Å²) in [4.78, 5) is 4.22. The summed E-state index contributed by atoms with van der Waals surface area (Å²) in [6.45, 7) is 0. The molecule has 0 fully saturated rings. The average molecular weight is 198 g/mol. The molecule has 1 heterocycles. The van der Waals surface area contributed by atoms with E-state index in [0.29, 0.717) is 0 Å². The van der Waals surface area contributed by atoms with E-state index >= 15 is 0 Å². The molecule has 0 spiro atoms. The Bertz CT molecular complexity index is 511. The van der Waals surface area contributed by atoms with Crippen LogP contribution in [0.1, 0.15) is 18.1 Å². The molecule has 0 bridgehead atoms. The van der Waals surface area contributed by atoms with Gasteiger partial charge in [-0.15, -0.1) is 0 Å². The van der Waals surface area contributed by atoms with Crippen LogP contribution in [-0.4, -0.2) is 10.1 Å². The number of pyridine rings is 1. The zero-order chi connectivity index (χ0) is 10.7. The summed E-state index contributed by atoms with van der Waals surface area (Å²) in [5.41, 5.74) is 1.48. The van der Waals surface area contributed by atoms with Crippen LogP contribution < -0.4 is 0 Å². The normalized spacial score (nSPS) is 12.3. The molecule has 1 N–H and O–H groups in total. The first-order valence-corrected chi connectivity index (χ1v) is 4.71. The van der Waals surface area contributed by atoms with Gasteiger partial charge in [-0.25, -0.2) is 0 Å². The Hall–Kier alpha value is -1.92. The van der Waals surface area contributed by atoms with Crippen molar-refractivity contribution >= 4 is 10.9 Å². The Morgan fingerprint density at radius 3 is 2.93 bits per heavy atom. The second kappa shape index (κ2) is 4.07. The largest absolute Gasteiger partial charge is 0.387 e. The lowest BCUT2D eigenvalue weighted by atomic mass is 10.0. The Labute approximate surface area is 87.6 Å². The van der Waals surface area contributed by atoms with Gasteiger partial charge < -0.3 is 5.11 Å². The number of para-hydroxylation sites is 1. The molecule has 0 saturated heterocycles. The molecule has 74 valence electrons. The van der Waals surface area contributed by atoms with Crippen molar-refractivity contribution in [1.29, 1.82) is 5.26 Å². The van der Waals surface area contributed by atoms with Crippen molar-refractivity contribution in [3.8, 4) is 6.07 Å². The van der Waals surface area contributed by atoms with E-state index in [4.69, 9.17) is 5.26 Å².